The molecule has 1 aliphatic heterocycles. The molecule has 7 nitrogen and oxygen atoms in total. The number of ether oxygens (including phenoxy) is 1. The van der Waals surface area contributed by atoms with E-state index in [2.05, 4.69) is 25.8 Å². The maximum Gasteiger partial charge on any atom is 0.220 e. The summed E-state index contributed by atoms with van der Waals surface area (Å²) in [6.45, 7) is 6.35. The van der Waals surface area contributed by atoms with Crippen molar-refractivity contribution in [2.75, 3.05) is 11.9 Å². The third-order valence-electron chi connectivity index (χ3n) is 4.83. The Morgan fingerprint density at radius 3 is 2.75 bits per heavy atom. The molecule has 1 atom stereocenters. The minimum Gasteiger partial charge on any atom is -0.485 e. The average molecular weight is 476 g/mol. The van der Waals surface area contributed by atoms with Crippen molar-refractivity contribution in [3.05, 3.63) is 40.8 Å². The van der Waals surface area contributed by atoms with Gasteiger partial charge in [0.15, 0.2) is 11.6 Å². The summed E-state index contributed by atoms with van der Waals surface area (Å²) < 4.78 is 20.5. The van der Waals surface area contributed by atoms with E-state index in [1.807, 2.05) is 32.9 Å². The zero-order valence-electron chi connectivity index (χ0n) is 17.9. The number of hydrogen-bond acceptors (Lipinski definition) is 7. The Kier molecular flexibility index (Phi) is 6.57. The van der Waals surface area contributed by atoms with Gasteiger partial charge in [0.1, 0.15) is 21.9 Å². The molecule has 0 radical (unpaired) electrons. The summed E-state index contributed by atoms with van der Waals surface area (Å²) in [5, 5.41) is 16.0. The van der Waals surface area contributed by atoms with E-state index in [1.54, 1.807) is 0 Å². The molecule has 0 bridgehead atoms. The third-order valence-corrected chi connectivity index (χ3v) is 6.15. The fraction of sp³-hybridized carbons (Fsp3) is 0.364. The number of halogens is 2. The van der Waals surface area contributed by atoms with E-state index in [1.165, 1.54) is 23.5 Å². The molecule has 32 heavy (non-hydrogen) atoms. The van der Waals surface area contributed by atoms with Gasteiger partial charge in [-0.2, -0.15) is 0 Å². The van der Waals surface area contributed by atoms with Crippen LogP contribution in [0.2, 0.25) is 5.02 Å². The molecule has 0 aliphatic carbocycles. The van der Waals surface area contributed by atoms with Crippen molar-refractivity contribution in [3.63, 3.8) is 0 Å². The first kappa shape index (κ1) is 22.4. The van der Waals surface area contributed by atoms with Crippen LogP contribution in [0.5, 0.6) is 5.75 Å². The number of aryl methyl sites for hydroxylation is 1. The number of carbonyl (C=O) groups excluding carboxylic acids is 1. The SMILES string of the molecule is Cc1cc(-c2nnc(-c3cc(F)c(O[C@@H]4CCC(=O)NC4)cc3Cl)s2)cc(NC(C)C)n1. The van der Waals surface area contributed by atoms with Gasteiger partial charge in [-0.3, -0.25) is 4.79 Å². The normalized spacial score (nSPS) is 16.2. The second-order valence-electron chi connectivity index (χ2n) is 7.94. The van der Waals surface area contributed by atoms with Crippen molar-refractivity contribution in [3.8, 4) is 26.9 Å². The minimum absolute atomic E-state index is 0.0257. The van der Waals surface area contributed by atoms with E-state index in [4.69, 9.17) is 16.3 Å². The van der Waals surface area contributed by atoms with Gasteiger partial charge >= 0.3 is 0 Å². The fourth-order valence-electron chi connectivity index (χ4n) is 3.38. The lowest BCUT2D eigenvalue weighted by atomic mass is 10.1. The molecule has 2 N–H and O–H groups in total. The number of rotatable bonds is 6. The number of nitrogens with zero attached hydrogens (tertiary/aromatic N) is 3. The topological polar surface area (TPSA) is 89.0 Å². The van der Waals surface area contributed by atoms with Crippen LogP contribution in [0.4, 0.5) is 10.2 Å². The van der Waals surface area contributed by atoms with Gasteiger partial charge in [0.2, 0.25) is 5.91 Å². The molecule has 3 heterocycles. The summed E-state index contributed by atoms with van der Waals surface area (Å²) >= 11 is 7.77. The van der Waals surface area contributed by atoms with Crippen LogP contribution in [0.1, 0.15) is 32.4 Å². The highest BCUT2D eigenvalue weighted by atomic mass is 35.5. The van der Waals surface area contributed by atoms with Crippen molar-refractivity contribution in [1.82, 2.24) is 20.5 Å². The van der Waals surface area contributed by atoms with Crippen LogP contribution in [0.3, 0.4) is 0 Å². The van der Waals surface area contributed by atoms with Gasteiger partial charge in [-0.25, -0.2) is 9.37 Å². The first-order chi connectivity index (χ1) is 15.3. The fourth-order valence-corrected chi connectivity index (χ4v) is 4.54. The highest BCUT2D eigenvalue weighted by Gasteiger charge is 2.22. The number of carbonyl (C=O) groups is 1. The standard InChI is InChI=1S/C22H23ClFN5O2S/c1-11(2)26-19-7-13(6-12(3)27-19)21-28-29-22(32-21)15-8-17(24)18(9-16(15)23)31-14-4-5-20(30)25-10-14/h6-9,11,14H,4-5,10H2,1-3H3,(H,25,30)(H,26,27)/t14-/m1/s1. The van der Waals surface area contributed by atoms with E-state index < -0.39 is 5.82 Å². The van der Waals surface area contributed by atoms with Crippen LogP contribution in [-0.2, 0) is 4.79 Å². The molecule has 0 unspecified atom stereocenters. The first-order valence-electron chi connectivity index (χ1n) is 10.3. The number of anilines is 1. The molecule has 4 rings (SSSR count). The molecule has 1 amide bonds. The second kappa shape index (κ2) is 9.38. The van der Waals surface area contributed by atoms with Gasteiger partial charge in [0.25, 0.3) is 0 Å². The second-order valence-corrected chi connectivity index (χ2v) is 9.32. The Morgan fingerprint density at radius 1 is 1.25 bits per heavy atom. The lowest BCUT2D eigenvalue weighted by Crippen LogP contribution is -2.40. The smallest absolute Gasteiger partial charge is 0.220 e. The molecule has 168 valence electrons. The molecule has 0 saturated carbocycles. The van der Waals surface area contributed by atoms with E-state index in [0.717, 1.165) is 17.1 Å². The first-order valence-corrected chi connectivity index (χ1v) is 11.5. The highest BCUT2D eigenvalue weighted by Crippen LogP contribution is 2.38. The Bertz CT molecular complexity index is 1140. The van der Waals surface area contributed by atoms with E-state index in [0.29, 0.717) is 40.0 Å². The summed E-state index contributed by atoms with van der Waals surface area (Å²) in [7, 11) is 0. The molecular formula is C22H23ClFN5O2S. The third kappa shape index (κ3) is 5.16. The van der Waals surface area contributed by atoms with Crippen molar-refractivity contribution >= 4 is 34.7 Å². The molecule has 1 fully saturated rings. The van der Waals surface area contributed by atoms with Crippen LogP contribution in [0.25, 0.3) is 21.1 Å². The Labute approximate surface area is 194 Å². The predicted octanol–water partition coefficient (Wildman–Crippen LogP) is 4.85. The maximum absolute atomic E-state index is 14.8. The molecule has 1 saturated heterocycles. The van der Waals surface area contributed by atoms with Crippen LogP contribution in [0.15, 0.2) is 24.3 Å². The van der Waals surface area contributed by atoms with Crippen LogP contribution >= 0.6 is 22.9 Å². The van der Waals surface area contributed by atoms with Gasteiger partial charge in [0, 0.05) is 35.3 Å². The Morgan fingerprint density at radius 2 is 2.03 bits per heavy atom. The van der Waals surface area contributed by atoms with Crippen molar-refractivity contribution < 1.29 is 13.9 Å². The lowest BCUT2D eigenvalue weighted by molar-refractivity contribution is -0.123. The van der Waals surface area contributed by atoms with E-state index >= 15 is 0 Å². The molecule has 2 aromatic heterocycles. The van der Waals surface area contributed by atoms with Gasteiger partial charge in [0.05, 0.1) is 11.6 Å². The number of benzene rings is 1. The van der Waals surface area contributed by atoms with Crippen LogP contribution < -0.4 is 15.4 Å². The average Bonchev–Trinajstić information content (AvgIpc) is 3.21. The Balaban J connectivity index is 1.57. The highest BCUT2D eigenvalue weighted by molar-refractivity contribution is 7.18. The summed E-state index contributed by atoms with van der Waals surface area (Å²) in [5.74, 6) is 0.249. The molecule has 10 heteroatoms. The monoisotopic (exact) mass is 475 g/mol. The summed E-state index contributed by atoms with van der Waals surface area (Å²) in [6, 6.07) is 6.85. The van der Waals surface area contributed by atoms with Crippen LogP contribution in [-0.4, -0.2) is 39.8 Å². The molecular weight excluding hydrogens is 453 g/mol. The van der Waals surface area contributed by atoms with Crippen LogP contribution in [0, 0.1) is 12.7 Å². The summed E-state index contributed by atoms with van der Waals surface area (Å²) in [6.07, 6.45) is 0.596. The number of aromatic nitrogens is 3. The van der Waals surface area contributed by atoms with Crippen molar-refractivity contribution in [2.45, 2.75) is 45.8 Å². The van der Waals surface area contributed by atoms with Gasteiger partial charge < -0.3 is 15.4 Å². The largest absolute Gasteiger partial charge is 0.485 e. The molecule has 1 aliphatic rings. The minimum atomic E-state index is -0.541. The molecule has 1 aromatic carbocycles. The number of hydrogen-bond donors (Lipinski definition) is 2. The maximum atomic E-state index is 14.8. The van der Waals surface area contributed by atoms with E-state index in [9.17, 15) is 9.18 Å². The number of amides is 1. The van der Waals surface area contributed by atoms with E-state index in [-0.39, 0.29) is 23.8 Å². The molecule has 3 aromatic rings. The van der Waals surface area contributed by atoms with Gasteiger partial charge in [-0.15, -0.1) is 10.2 Å². The number of nitrogens with one attached hydrogen (secondary N) is 2. The van der Waals surface area contributed by atoms with Crippen molar-refractivity contribution in [1.29, 1.82) is 0 Å². The lowest BCUT2D eigenvalue weighted by Gasteiger charge is -2.24. The zero-order valence-corrected chi connectivity index (χ0v) is 19.5. The predicted molar refractivity (Wildman–Crippen MR) is 124 cm³/mol. The Hall–Kier alpha value is -2.78. The summed E-state index contributed by atoms with van der Waals surface area (Å²) in [5.41, 5.74) is 2.18. The number of pyridine rings is 1. The summed E-state index contributed by atoms with van der Waals surface area (Å²) in [4.78, 5) is 15.8. The van der Waals surface area contributed by atoms with Crippen molar-refractivity contribution in [2.24, 2.45) is 0 Å². The number of piperidine rings is 1. The zero-order chi connectivity index (χ0) is 22.8. The van der Waals surface area contributed by atoms with Gasteiger partial charge in [-0.1, -0.05) is 22.9 Å². The van der Waals surface area contributed by atoms with Gasteiger partial charge in [-0.05, 0) is 45.4 Å². The molecule has 0 spiro atoms. The quantitative estimate of drug-likeness (QED) is 0.530.